The standard InChI is InChI=1S/C42H14N12/c1-47-27-14-25(15-28(16-27)48-2)33(21-45)35-31-18-30-29(17-32(31)40(50-4)38(35)42-53-9-6-10-54-42)34(22-46)37(41-51-7-5-8-52-41)36(30)39(49-3)26-12-23(19-43)11-24(13-26)20-44/h5-18H/b35-33-,39-36+. The van der Waals surface area contributed by atoms with E-state index in [4.69, 9.17) is 26.3 Å². The summed E-state index contributed by atoms with van der Waals surface area (Å²) in [6.07, 6.45) is 5.98. The number of fused-ring (bicyclic) bond motifs is 2. The van der Waals surface area contributed by atoms with E-state index < -0.39 is 0 Å². The highest BCUT2D eigenvalue weighted by molar-refractivity contribution is 6.33. The van der Waals surface area contributed by atoms with E-state index in [1.54, 1.807) is 24.3 Å². The Hall–Kier alpha value is -9.30. The predicted octanol–water partition coefficient (Wildman–Crippen LogP) is 8.58. The van der Waals surface area contributed by atoms with Crippen molar-refractivity contribution in [2.75, 3.05) is 0 Å². The summed E-state index contributed by atoms with van der Waals surface area (Å²) in [5.74, 6) is 0.271. The highest BCUT2D eigenvalue weighted by Crippen LogP contribution is 2.55. The normalized spacial score (nSPS) is 14.1. The zero-order chi connectivity index (χ0) is 37.9. The second kappa shape index (κ2) is 13.5. The third-order valence-electron chi connectivity index (χ3n) is 8.63. The first-order valence-electron chi connectivity index (χ1n) is 15.6. The van der Waals surface area contributed by atoms with Gasteiger partial charge < -0.3 is 0 Å². The number of hydrogen-bond donors (Lipinski definition) is 0. The van der Waals surface area contributed by atoms with Gasteiger partial charge in [-0.2, -0.15) is 21.0 Å². The maximum Gasteiger partial charge on any atom is 0.206 e. The number of nitriles is 4. The Labute approximate surface area is 308 Å². The maximum atomic E-state index is 10.8. The summed E-state index contributed by atoms with van der Waals surface area (Å²) >= 11 is 0. The van der Waals surface area contributed by atoms with Crippen LogP contribution in [0.1, 0.15) is 56.2 Å². The Morgan fingerprint density at radius 1 is 0.537 bits per heavy atom. The van der Waals surface area contributed by atoms with Crippen LogP contribution in [0.4, 0.5) is 11.4 Å². The molecule has 0 fully saturated rings. The van der Waals surface area contributed by atoms with E-state index in [1.165, 1.54) is 61.2 Å². The van der Waals surface area contributed by atoms with Gasteiger partial charge in [0.05, 0.1) is 60.7 Å². The molecule has 0 bridgehead atoms. The molecule has 0 unspecified atom stereocenters. The summed E-state index contributed by atoms with van der Waals surface area (Å²) in [6.45, 7) is 32.0. The number of aromatic nitrogens is 4. The van der Waals surface area contributed by atoms with Crippen molar-refractivity contribution in [2.45, 2.75) is 0 Å². The lowest BCUT2D eigenvalue weighted by Gasteiger charge is -2.15. The Balaban J connectivity index is 1.66. The lowest BCUT2D eigenvalue weighted by Crippen LogP contribution is -1.99. The average Bonchev–Trinajstić information content (AvgIpc) is 3.72. The van der Waals surface area contributed by atoms with Crippen LogP contribution in [0.3, 0.4) is 0 Å². The fourth-order valence-corrected chi connectivity index (χ4v) is 6.53. The van der Waals surface area contributed by atoms with Crippen molar-refractivity contribution in [3.63, 3.8) is 0 Å². The van der Waals surface area contributed by atoms with Crippen LogP contribution in [0.5, 0.6) is 0 Å². The lowest BCUT2D eigenvalue weighted by atomic mass is 9.88. The molecule has 2 heterocycles. The molecule has 0 radical (unpaired) electrons. The van der Waals surface area contributed by atoms with Crippen molar-refractivity contribution < 1.29 is 0 Å². The number of benzene rings is 3. The fraction of sp³-hybridized carbons (Fsp3) is 0. The summed E-state index contributed by atoms with van der Waals surface area (Å²) in [5, 5.41) is 41.1. The molecule has 2 aliphatic carbocycles. The molecule has 0 saturated carbocycles. The Kier molecular flexibility index (Phi) is 8.33. The second-order valence-electron chi connectivity index (χ2n) is 11.5. The van der Waals surface area contributed by atoms with Gasteiger partial charge in [0.15, 0.2) is 17.2 Å². The summed E-state index contributed by atoms with van der Waals surface area (Å²) < 4.78 is 0. The molecule has 5 aromatic rings. The van der Waals surface area contributed by atoms with Gasteiger partial charge in [-0.25, -0.2) is 39.3 Å². The third-order valence-corrected chi connectivity index (χ3v) is 8.63. The molecule has 0 spiro atoms. The van der Waals surface area contributed by atoms with E-state index in [9.17, 15) is 21.0 Å². The van der Waals surface area contributed by atoms with Gasteiger partial charge in [0, 0.05) is 41.5 Å². The minimum absolute atomic E-state index is 0.00188. The molecule has 12 heteroatoms. The molecular weight excluding hydrogens is 673 g/mol. The monoisotopic (exact) mass is 686 g/mol. The fourth-order valence-electron chi connectivity index (χ4n) is 6.53. The van der Waals surface area contributed by atoms with Crippen LogP contribution in [0.15, 0.2) is 85.5 Å². The number of allylic oxidation sites excluding steroid dienone is 6. The minimum atomic E-state index is -0.00188. The summed E-state index contributed by atoms with van der Waals surface area (Å²) in [6, 6.07) is 23.8. The van der Waals surface area contributed by atoms with Crippen molar-refractivity contribution >= 4 is 56.2 Å². The van der Waals surface area contributed by atoms with Crippen LogP contribution in [0, 0.1) is 71.6 Å². The lowest BCUT2D eigenvalue weighted by molar-refractivity contribution is 1.13. The number of hydrogen-bond acceptors (Lipinski definition) is 8. The van der Waals surface area contributed by atoms with Crippen LogP contribution in [-0.2, 0) is 0 Å². The molecular formula is C42H14N12. The Morgan fingerprint density at radius 3 is 1.59 bits per heavy atom. The maximum absolute atomic E-state index is 10.8. The Bertz CT molecular complexity index is 2730. The van der Waals surface area contributed by atoms with Crippen molar-refractivity contribution in [1.82, 2.24) is 19.9 Å². The molecule has 0 amide bonds. The minimum Gasteiger partial charge on any atom is -0.239 e. The van der Waals surface area contributed by atoms with E-state index in [0.717, 1.165) is 0 Å². The quantitative estimate of drug-likeness (QED) is 0.134. The molecule has 2 aromatic heterocycles. The van der Waals surface area contributed by atoms with E-state index in [0.29, 0.717) is 22.3 Å². The van der Waals surface area contributed by atoms with Crippen molar-refractivity contribution in [3.05, 3.63) is 187 Å². The van der Waals surface area contributed by atoms with Gasteiger partial charge in [-0.15, -0.1) is 0 Å². The van der Waals surface area contributed by atoms with Crippen molar-refractivity contribution in [2.24, 2.45) is 0 Å². The van der Waals surface area contributed by atoms with Crippen LogP contribution in [0.2, 0.25) is 0 Å². The van der Waals surface area contributed by atoms with Gasteiger partial charge in [0.25, 0.3) is 0 Å². The molecule has 2 aliphatic rings. The van der Waals surface area contributed by atoms with Gasteiger partial charge in [-0.05, 0) is 75.4 Å². The molecule has 7 rings (SSSR count). The van der Waals surface area contributed by atoms with Crippen LogP contribution in [0.25, 0.3) is 64.2 Å². The highest BCUT2D eigenvalue weighted by Gasteiger charge is 2.38. The van der Waals surface area contributed by atoms with Crippen LogP contribution in [-0.4, -0.2) is 19.9 Å². The van der Waals surface area contributed by atoms with Gasteiger partial charge in [-0.1, -0.05) is 24.3 Å². The summed E-state index contributed by atoms with van der Waals surface area (Å²) in [4.78, 5) is 32.5. The average molecular weight is 687 g/mol. The molecule has 242 valence electrons. The molecule has 0 atom stereocenters. The highest BCUT2D eigenvalue weighted by atomic mass is 14.9. The second-order valence-corrected chi connectivity index (χ2v) is 11.5. The summed E-state index contributed by atoms with van der Waals surface area (Å²) in [5.41, 5.74) is 3.63. The predicted molar refractivity (Wildman–Crippen MR) is 197 cm³/mol. The first kappa shape index (κ1) is 33.2. The molecule has 0 saturated heterocycles. The molecule has 0 N–H and O–H groups in total. The van der Waals surface area contributed by atoms with Gasteiger partial charge in [-0.3, -0.25) is 0 Å². The van der Waals surface area contributed by atoms with Crippen molar-refractivity contribution in [1.29, 1.82) is 21.0 Å². The zero-order valence-electron chi connectivity index (χ0n) is 27.4. The summed E-state index contributed by atoms with van der Waals surface area (Å²) in [7, 11) is 0. The number of rotatable bonds is 4. The van der Waals surface area contributed by atoms with E-state index in [-0.39, 0.29) is 90.1 Å². The SMILES string of the molecule is [C-]#[N+]C1=C(c2ncccn2)/C(=C(/C#N)c2cc([N+]#[C-])cc([N+]#[C-])c2)c2cc3c(cc21)C(C#N)=C(c1ncccn1)/C3=C(/[N+]#[C-])c1cc(C#N)cc(C#N)c1. The number of nitrogens with zero attached hydrogens (tertiary/aromatic N) is 12. The van der Waals surface area contributed by atoms with Gasteiger partial charge in [0.2, 0.25) is 11.4 Å². The smallest absolute Gasteiger partial charge is 0.206 e. The molecule has 12 nitrogen and oxygen atoms in total. The first-order chi connectivity index (χ1) is 26.4. The first-order valence-corrected chi connectivity index (χ1v) is 15.6. The molecule has 0 aliphatic heterocycles. The molecule has 3 aromatic carbocycles. The van der Waals surface area contributed by atoms with E-state index >= 15 is 0 Å². The van der Waals surface area contributed by atoms with Gasteiger partial charge >= 0.3 is 0 Å². The van der Waals surface area contributed by atoms with Gasteiger partial charge in [0.1, 0.15) is 18.0 Å². The molecule has 54 heavy (non-hydrogen) atoms. The zero-order valence-corrected chi connectivity index (χ0v) is 27.4. The topological polar surface area (TPSA) is 164 Å². The van der Waals surface area contributed by atoms with Crippen LogP contribution < -0.4 is 0 Å². The van der Waals surface area contributed by atoms with E-state index in [1.807, 2.05) is 12.1 Å². The van der Waals surface area contributed by atoms with Crippen molar-refractivity contribution in [3.8, 4) is 24.3 Å². The van der Waals surface area contributed by atoms with E-state index in [2.05, 4.69) is 51.5 Å². The van der Waals surface area contributed by atoms with Crippen LogP contribution >= 0.6 is 0 Å². The Morgan fingerprint density at radius 2 is 1.09 bits per heavy atom. The largest absolute Gasteiger partial charge is 0.239 e. The third kappa shape index (κ3) is 5.27.